The van der Waals surface area contributed by atoms with E-state index in [-0.39, 0.29) is 6.42 Å². The molecule has 0 aliphatic heterocycles. The first-order valence-corrected chi connectivity index (χ1v) is 22.1. The largest absolute Gasteiger partial charge is 0.490 e. The van der Waals surface area contributed by atoms with E-state index in [9.17, 15) is 9.59 Å². The molecule has 10 nitrogen and oxygen atoms in total. The van der Waals surface area contributed by atoms with Crippen molar-refractivity contribution in [3.63, 3.8) is 0 Å². The highest BCUT2D eigenvalue weighted by Crippen LogP contribution is 2.40. The van der Waals surface area contributed by atoms with E-state index in [1.807, 2.05) is 64.1 Å². The van der Waals surface area contributed by atoms with Crippen molar-refractivity contribution < 1.29 is 28.9 Å². The predicted octanol–water partition coefficient (Wildman–Crippen LogP) is 11.3. The monoisotopic (exact) mass is 839 g/mol. The Morgan fingerprint density at radius 3 is 1.49 bits per heavy atom. The minimum Gasteiger partial charge on any atom is -0.490 e. The normalized spacial score (nSPS) is 19.7. The van der Waals surface area contributed by atoms with Gasteiger partial charge in [0.1, 0.15) is 11.5 Å². The van der Waals surface area contributed by atoms with Crippen LogP contribution in [0.25, 0.3) is 21.8 Å². The van der Waals surface area contributed by atoms with Crippen LogP contribution in [0.1, 0.15) is 138 Å². The molecule has 0 saturated heterocycles. The first-order valence-electron chi connectivity index (χ1n) is 22.1. The molecule has 10 heteroatoms. The lowest BCUT2D eigenvalue weighted by Gasteiger charge is -2.37. The third-order valence-corrected chi connectivity index (χ3v) is 12.3. The Morgan fingerprint density at radius 2 is 1.13 bits per heavy atom. The van der Waals surface area contributed by atoms with E-state index in [1.54, 1.807) is 0 Å². The Bertz CT molecular complexity index is 2060. The number of fused-ring (bicyclic) bond motifs is 2. The number of ether oxygens (including phenoxy) is 3. The zero-order chi connectivity index (χ0) is 45.2. The van der Waals surface area contributed by atoms with Crippen LogP contribution in [-0.4, -0.2) is 52.9 Å². The molecule has 2 aliphatic rings. The Labute approximate surface area is 365 Å². The molecule has 2 aromatic heterocycles. The molecule has 0 unspecified atom stereocenters. The number of benzene rings is 2. The number of carbonyl (C=O) groups is 2. The van der Waals surface area contributed by atoms with Gasteiger partial charge in [-0.05, 0) is 150 Å². The maximum Gasteiger partial charge on any atom is 0.329 e. The number of hydrogen-bond donors (Lipinski definition) is 3. The number of hydrogen-bond acceptors (Lipinski definition) is 9. The summed E-state index contributed by atoms with van der Waals surface area (Å²) in [6, 6.07) is 20.5. The number of esters is 1. The lowest BCUT2D eigenvalue weighted by molar-refractivity contribution is -0.137. The first kappa shape index (κ1) is 49.1. The van der Waals surface area contributed by atoms with Crippen LogP contribution in [0.15, 0.2) is 73.3 Å². The minimum absolute atomic E-state index is 0.0926. The van der Waals surface area contributed by atoms with Crippen LogP contribution < -0.4 is 20.5 Å². The maximum absolute atomic E-state index is 10.8. The van der Waals surface area contributed by atoms with Crippen LogP contribution in [-0.2, 0) is 25.4 Å². The summed E-state index contributed by atoms with van der Waals surface area (Å²) in [6.45, 7) is 25.6. The maximum atomic E-state index is 10.8. The minimum atomic E-state index is -0.802. The fraction of sp³-hybridized carbons (Fsp3) is 0.569. The van der Waals surface area contributed by atoms with E-state index in [1.165, 1.54) is 32.8 Å². The van der Waals surface area contributed by atoms with Gasteiger partial charge >= 0.3 is 11.9 Å². The lowest BCUT2D eigenvalue weighted by Crippen LogP contribution is -2.38. The van der Waals surface area contributed by atoms with Gasteiger partial charge in [0, 0.05) is 23.4 Å². The lowest BCUT2D eigenvalue weighted by atomic mass is 9.72. The van der Waals surface area contributed by atoms with Gasteiger partial charge in [0.25, 0.3) is 0 Å². The molecular weight excluding hydrogens is 765 g/mol. The standard InChI is InChI=1S/C25H36N2O3.C22H32N2O.C4H6O2/c1-24(2,3)18-7-9-19(10-8-18)30-20-11-12-21-17(16-20)6-13-22(27-21)25(4,5)26-15-14-23(28)29;1-21(2,3)16-7-9-17(10-8-16)25-18-11-12-19-15(14-18)6-13-20(24-19)22(4,5)23;1-3-4(5)6-2/h6,11-13,16,18-19,26H,7-10,14-15H2,1-5H3,(H,28,29);6,11-14,16-17H,7-10,23H2,1-5H3;3H,1H2,2H3. The molecule has 334 valence electrons. The fourth-order valence-electron chi connectivity index (χ4n) is 8.20. The van der Waals surface area contributed by atoms with Crippen LogP contribution >= 0.6 is 0 Å². The Hall–Kier alpha value is -4.54. The number of nitrogens with one attached hydrogen (secondary N) is 1. The van der Waals surface area contributed by atoms with E-state index in [2.05, 4.69) is 82.4 Å². The molecule has 61 heavy (non-hydrogen) atoms. The number of methoxy groups -OCH3 is 1. The number of rotatable bonds is 11. The number of carbonyl (C=O) groups excluding carboxylic acids is 1. The van der Waals surface area contributed by atoms with Gasteiger partial charge in [0.2, 0.25) is 0 Å². The predicted molar refractivity (Wildman–Crippen MR) is 248 cm³/mol. The van der Waals surface area contributed by atoms with E-state index >= 15 is 0 Å². The second-order valence-electron chi connectivity index (χ2n) is 20.2. The summed E-state index contributed by atoms with van der Waals surface area (Å²) in [6.07, 6.45) is 11.4. The molecule has 2 saturated carbocycles. The van der Waals surface area contributed by atoms with Gasteiger partial charge < -0.3 is 30.4 Å². The van der Waals surface area contributed by atoms with Crippen LogP contribution in [0.4, 0.5) is 0 Å². The van der Waals surface area contributed by atoms with Crippen molar-refractivity contribution in [2.75, 3.05) is 13.7 Å². The summed E-state index contributed by atoms with van der Waals surface area (Å²) in [4.78, 5) is 30.1. The average molecular weight is 839 g/mol. The Kier molecular flexibility index (Phi) is 16.9. The molecule has 2 aliphatic carbocycles. The van der Waals surface area contributed by atoms with Gasteiger partial charge in [-0.1, -0.05) is 60.3 Å². The van der Waals surface area contributed by atoms with Crippen molar-refractivity contribution in [1.82, 2.24) is 15.3 Å². The van der Waals surface area contributed by atoms with Crippen LogP contribution in [0.5, 0.6) is 11.5 Å². The SMILES string of the molecule is C=CC(=O)OC.CC(C)(N)c1ccc2cc(OC3CCC(C(C)(C)C)CC3)ccc2n1.CC(C)(NCCC(=O)O)c1ccc2cc(OC3CCC(C(C)(C)C)CC3)ccc2n1. The molecular formula is C51H74N4O6. The highest BCUT2D eigenvalue weighted by molar-refractivity contribution is 5.81. The van der Waals surface area contributed by atoms with Crippen molar-refractivity contribution in [3.05, 3.63) is 84.7 Å². The Morgan fingerprint density at radius 1 is 0.705 bits per heavy atom. The van der Waals surface area contributed by atoms with Crippen molar-refractivity contribution in [2.45, 2.75) is 150 Å². The highest BCUT2D eigenvalue weighted by atomic mass is 16.5. The second kappa shape index (κ2) is 21.0. The number of nitrogens with zero attached hydrogens (tertiary/aromatic N) is 2. The number of aromatic nitrogens is 2. The summed E-state index contributed by atoms with van der Waals surface area (Å²) in [5.74, 6) is 2.26. The number of pyridine rings is 2. The Balaban J connectivity index is 0.000000240. The van der Waals surface area contributed by atoms with Crippen molar-refractivity contribution in [3.8, 4) is 11.5 Å². The number of carboxylic acid groups (broad SMARTS) is 1. The van der Waals surface area contributed by atoms with Crippen molar-refractivity contribution in [2.24, 2.45) is 28.4 Å². The molecule has 0 atom stereocenters. The van der Waals surface area contributed by atoms with Gasteiger partial charge in [-0.2, -0.15) is 0 Å². The fourth-order valence-corrected chi connectivity index (χ4v) is 8.20. The highest BCUT2D eigenvalue weighted by Gasteiger charge is 2.32. The molecule has 0 spiro atoms. The molecule has 0 amide bonds. The van der Waals surface area contributed by atoms with E-state index in [0.717, 1.165) is 88.3 Å². The van der Waals surface area contributed by atoms with Crippen LogP contribution in [0, 0.1) is 22.7 Å². The van der Waals surface area contributed by atoms with Gasteiger partial charge in [-0.3, -0.25) is 14.8 Å². The molecule has 4 N–H and O–H groups in total. The topological polar surface area (TPSA) is 146 Å². The molecule has 6 rings (SSSR count). The van der Waals surface area contributed by atoms with E-state index in [0.29, 0.717) is 29.6 Å². The summed E-state index contributed by atoms with van der Waals surface area (Å²) < 4.78 is 16.7. The summed E-state index contributed by atoms with van der Waals surface area (Å²) in [5.41, 5.74) is 9.83. The molecule has 2 heterocycles. The molecule has 0 radical (unpaired) electrons. The third kappa shape index (κ3) is 15.1. The molecule has 4 aromatic rings. The number of nitrogens with two attached hydrogens (primary N) is 1. The molecule has 2 aromatic carbocycles. The molecule has 2 fully saturated rings. The third-order valence-electron chi connectivity index (χ3n) is 12.3. The van der Waals surface area contributed by atoms with Gasteiger partial charge in [0.15, 0.2) is 0 Å². The summed E-state index contributed by atoms with van der Waals surface area (Å²) in [7, 11) is 1.31. The first-order chi connectivity index (χ1) is 28.5. The van der Waals surface area contributed by atoms with Gasteiger partial charge in [-0.15, -0.1) is 0 Å². The van der Waals surface area contributed by atoms with E-state index in [4.69, 9.17) is 30.3 Å². The van der Waals surface area contributed by atoms with Crippen LogP contribution in [0.3, 0.4) is 0 Å². The number of carboxylic acids is 1. The zero-order valence-electron chi connectivity index (χ0n) is 38.9. The smallest absolute Gasteiger partial charge is 0.329 e. The van der Waals surface area contributed by atoms with E-state index < -0.39 is 23.0 Å². The van der Waals surface area contributed by atoms with Crippen LogP contribution in [0.2, 0.25) is 0 Å². The average Bonchev–Trinajstić information content (AvgIpc) is 3.19. The van der Waals surface area contributed by atoms with Gasteiger partial charge in [-0.25, -0.2) is 4.79 Å². The summed E-state index contributed by atoms with van der Waals surface area (Å²) in [5, 5.41) is 14.3. The van der Waals surface area contributed by atoms with Crippen molar-refractivity contribution in [1.29, 1.82) is 0 Å². The number of aliphatic carboxylic acids is 1. The molecule has 0 bridgehead atoms. The zero-order valence-corrected chi connectivity index (χ0v) is 38.9. The summed E-state index contributed by atoms with van der Waals surface area (Å²) >= 11 is 0. The quantitative estimate of drug-likeness (QED) is 0.0985. The van der Waals surface area contributed by atoms with Crippen molar-refractivity contribution >= 4 is 33.7 Å². The second-order valence-corrected chi connectivity index (χ2v) is 20.2. The van der Waals surface area contributed by atoms with Gasteiger partial charge in [0.05, 0.1) is 59.2 Å².